The highest BCUT2D eigenvalue weighted by atomic mass is 16.6. The largest absolute Gasteiger partial charge is 0.455 e. The average Bonchev–Trinajstić information content (AvgIpc) is 3.15. The summed E-state index contributed by atoms with van der Waals surface area (Å²) in [6.07, 6.45) is 0.0295. The molecular weight excluding hydrogens is 402 g/mol. The van der Waals surface area contributed by atoms with Crippen LogP contribution in [-0.4, -0.2) is 40.8 Å². The van der Waals surface area contributed by atoms with Gasteiger partial charge in [0.15, 0.2) is 6.61 Å². The van der Waals surface area contributed by atoms with Crippen LogP contribution in [0.3, 0.4) is 0 Å². The second-order valence-electron chi connectivity index (χ2n) is 7.45. The van der Waals surface area contributed by atoms with Crippen LogP contribution in [0.4, 0.5) is 11.4 Å². The fraction of sp³-hybridized carbons (Fsp3) is 0.318. The first kappa shape index (κ1) is 21.9. The lowest BCUT2D eigenvalue weighted by Gasteiger charge is -2.25. The Kier molecular flexibility index (Phi) is 6.64. The van der Waals surface area contributed by atoms with E-state index >= 15 is 0 Å². The lowest BCUT2D eigenvalue weighted by atomic mass is 10.1. The zero-order valence-electron chi connectivity index (χ0n) is 17.2. The molecule has 2 aromatic carbocycles. The Hall–Kier alpha value is -3.75. The number of esters is 1. The van der Waals surface area contributed by atoms with Crippen molar-refractivity contribution < 1.29 is 24.0 Å². The Morgan fingerprint density at radius 2 is 1.97 bits per heavy atom. The molecule has 1 heterocycles. The number of rotatable bonds is 7. The van der Waals surface area contributed by atoms with Gasteiger partial charge in [-0.05, 0) is 25.5 Å². The predicted octanol–water partition coefficient (Wildman–Crippen LogP) is 2.99. The second kappa shape index (κ2) is 9.38. The first-order chi connectivity index (χ1) is 14.8. The topological polar surface area (TPSA) is 119 Å². The molecule has 0 aliphatic carbocycles. The van der Waals surface area contributed by atoms with Gasteiger partial charge in [0, 0.05) is 30.3 Å². The van der Waals surface area contributed by atoms with Crippen molar-refractivity contribution >= 4 is 29.2 Å². The molecule has 2 amide bonds. The monoisotopic (exact) mass is 425 g/mol. The van der Waals surface area contributed by atoms with Crippen LogP contribution in [-0.2, 0) is 19.1 Å². The molecule has 1 fully saturated rings. The van der Waals surface area contributed by atoms with E-state index in [0.29, 0.717) is 5.56 Å². The van der Waals surface area contributed by atoms with Gasteiger partial charge in [0.25, 0.3) is 11.6 Å². The smallest absolute Gasteiger partial charge is 0.311 e. The number of carbonyl (C=O) groups is 3. The normalized spacial score (nSPS) is 16.6. The molecule has 0 bridgehead atoms. The number of ether oxygens (including phenoxy) is 1. The molecule has 0 unspecified atom stereocenters. The quantitative estimate of drug-likeness (QED) is 0.414. The zero-order valence-corrected chi connectivity index (χ0v) is 17.2. The van der Waals surface area contributed by atoms with Crippen molar-refractivity contribution in [2.45, 2.75) is 26.3 Å². The van der Waals surface area contributed by atoms with Crippen molar-refractivity contribution in [2.24, 2.45) is 5.92 Å². The number of nitro groups is 1. The third kappa shape index (κ3) is 5.25. The molecule has 1 saturated heterocycles. The minimum absolute atomic E-state index is 0.0295. The van der Waals surface area contributed by atoms with E-state index in [4.69, 9.17) is 4.74 Å². The van der Waals surface area contributed by atoms with E-state index in [1.807, 2.05) is 37.3 Å². The van der Waals surface area contributed by atoms with Gasteiger partial charge in [-0.2, -0.15) is 0 Å². The Labute approximate surface area is 179 Å². The van der Waals surface area contributed by atoms with Gasteiger partial charge in [-0.25, -0.2) is 0 Å². The standard InChI is InChI=1S/C22H23N3O6/c1-14-8-9-18(11-19(14)25(29)30)23-20(26)13-31-22(28)17-10-21(27)24(12-17)15(2)16-6-4-3-5-7-16/h3-9,11,15,17H,10,12-13H2,1-2H3,(H,23,26)/t15-,17+/m1/s1. The highest BCUT2D eigenvalue weighted by Gasteiger charge is 2.38. The zero-order chi connectivity index (χ0) is 22.5. The van der Waals surface area contributed by atoms with E-state index in [0.717, 1.165) is 5.56 Å². The summed E-state index contributed by atoms with van der Waals surface area (Å²) in [5, 5.41) is 13.5. The van der Waals surface area contributed by atoms with Gasteiger partial charge in [-0.1, -0.05) is 36.4 Å². The van der Waals surface area contributed by atoms with E-state index in [1.54, 1.807) is 11.8 Å². The third-order valence-electron chi connectivity index (χ3n) is 5.28. The van der Waals surface area contributed by atoms with Crippen LogP contribution in [0.1, 0.15) is 30.5 Å². The van der Waals surface area contributed by atoms with Crippen LogP contribution >= 0.6 is 0 Å². The van der Waals surface area contributed by atoms with E-state index < -0.39 is 29.3 Å². The summed E-state index contributed by atoms with van der Waals surface area (Å²) in [6.45, 7) is 3.17. The van der Waals surface area contributed by atoms with Crippen molar-refractivity contribution in [1.29, 1.82) is 0 Å². The molecule has 162 valence electrons. The van der Waals surface area contributed by atoms with Crippen LogP contribution in [0.15, 0.2) is 48.5 Å². The fourth-order valence-electron chi connectivity index (χ4n) is 3.51. The van der Waals surface area contributed by atoms with E-state index in [1.165, 1.54) is 18.2 Å². The maximum absolute atomic E-state index is 12.4. The minimum atomic E-state index is -0.646. The summed E-state index contributed by atoms with van der Waals surface area (Å²) >= 11 is 0. The van der Waals surface area contributed by atoms with Gasteiger partial charge >= 0.3 is 5.97 Å². The highest BCUT2D eigenvalue weighted by Crippen LogP contribution is 2.29. The molecule has 0 aromatic heterocycles. The number of carbonyl (C=O) groups excluding carboxylic acids is 3. The van der Waals surface area contributed by atoms with Crippen LogP contribution < -0.4 is 5.32 Å². The predicted molar refractivity (Wildman–Crippen MR) is 112 cm³/mol. The molecule has 1 N–H and O–H groups in total. The maximum Gasteiger partial charge on any atom is 0.311 e. The number of hydrogen-bond acceptors (Lipinski definition) is 6. The van der Waals surface area contributed by atoms with Crippen LogP contribution in [0.25, 0.3) is 0 Å². The van der Waals surface area contributed by atoms with Gasteiger partial charge in [0.2, 0.25) is 5.91 Å². The summed E-state index contributed by atoms with van der Waals surface area (Å²) < 4.78 is 5.08. The van der Waals surface area contributed by atoms with Gasteiger partial charge < -0.3 is 15.0 Å². The van der Waals surface area contributed by atoms with Crippen LogP contribution in [0.5, 0.6) is 0 Å². The maximum atomic E-state index is 12.4. The van der Waals surface area contributed by atoms with Crippen molar-refractivity contribution in [2.75, 3.05) is 18.5 Å². The number of hydrogen-bond donors (Lipinski definition) is 1. The molecular formula is C22H23N3O6. The Morgan fingerprint density at radius 3 is 2.65 bits per heavy atom. The molecule has 9 heteroatoms. The summed E-state index contributed by atoms with van der Waals surface area (Å²) in [5.41, 5.74) is 1.55. The van der Waals surface area contributed by atoms with E-state index in [9.17, 15) is 24.5 Å². The van der Waals surface area contributed by atoms with Gasteiger partial charge in [-0.3, -0.25) is 24.5 Å². The highest BCUT2D eigenvalue weighted by molar-refractivity contribution is 5.94. The molecule has 2 atom stereocenters. The number of anilines is 1. The molecule has 9 nitrogen and oxygen atoms in total. The molecule has 1 aliphatic heterocycles. The van der Waals surface area contributed by atoms with E-state index in [-0.39, 0.29) is 36.3 Å². The number of likely N-dealkylation sites (tertiary alicyclic amines) is 1. The second-order valence-corrected chi connectivity index (χ2v) is 7.45. The van der Waals surface area contributed by atoms with Crippen molar-refractivity contribution in [3.8, 4) is 0 Å². The SMILES string of the molecule is Cc1ccc(NC(=O)COC(=O)[C@H]2CC(=O)N([C@H](C)c3ccccc3)C2)cc1[N+](=O)[O-]. The number of amides is 2. The minimum Gasteiger partial charge on any atom is -0.455 e. The summed E-state index contributed by atoms with van der Waals surface area (Å²) in [5.74, 6) is -2.03. The van der Waals surface area contributed by atoms with E-state index in [2.05, 4.69) is 5.32 Å². The number of benzene rings is 2. The summed E-state index contributed by atoms with van der Waals surface area (Å²) in [4.78, 5) is 48.9. The molecule has 1 aliphatic rings. The molecule has 0 radical (unpaired) electrons. The van der Waals surface area contributed by atoms with Crippen LogP contribution in [0, 0.1) is 23.0 Å². The first-order valence-electron chi connectivity index (χ1n) is 9.82. The van der Waals surface area contributed by atoms with Gasteiger partial charge in [-0.15, -0.1) is 0 Å². The summed E-state index contributed by atoms with van der Waals surface area (Å²) in [6, 6.07) is 13.6. The van der Waals surface area contributed by atoms with Crippen molar-refractivity contribution in [1.82, 2.24) is 4.90 Å². The molecule has 0 spiro atoms. The first-order valence-corrected chi connectivity index (χ1v) is 9.82. The fourth-order valence-corrected chi connectivity index (χ4v) is 3.51. The number of aryl methyl sites for hydroxylation is 1. The number of nitrogens with zero attached hydrogens (tertiary/aromatic N) is 2. The average molecular weight is 425 g/mol. The Morgan fingerprint density at radius 1 is 1.26 bits per heavy atom. The molecule has 3 rings (SSSR count). The van der Waals surface area contributed by atoms with Crippen molar-refractivity contribution in [3.63, 3.8) is 0 Å². The molecule has 0 saturated carbocycles. The van der Waals surface area contributed by atoms with Gasteiger partial charge in [0.05, 0.1) is 16.9 Å². The van der Waals surface area contributed by atoms with Crippen LogP contribution in [0.2, 0.25) is 0 Å². The Bertz CT molecular complexity index is 1010. The van der Waals surface area contributed by atoms with Crippen molar-refractivity contribution in [3.05, 3.63) is 69.8 Å². The molecule has 31 heavy (non-hydrogen) atoms. The number of nitrogens with one attached hydrogen (secondary N) is 1. The van der Waals surface area contributed by atoms with Gasteiger partial charge in [0.1, 0.15) is 0 Å². The summed E-state index contributed by atoms with van der Waals surface area (Å²) in [7, 11) is 0. The lowest BCUT2D eigenvalue weighted by molar-refractivity contribution is -0.385. The number of nitro benzene ring substituents is 1. The molecule has 2 aromatic rings. The Balaban J connectivity index is 1.53. The lowest BCUT2D eigenvalue weighted by Crippen LogP contribution is -2.30. The third-order valence-corrected chi connectivity index (χ3v) is 5.28.